The first kappa shape index (κ1) is 24.6. The third-order valence-electron chi connectivity index (χ3n) is 5.45. The largest absolute Gasteiger partial charge is 0.483 e. The van der Waals surface area contributed by atoms with Gasteiger partial charge in [-0.3, -0.25) is 9.59 Å². The van der Waals surface area contributed by atoms with E-state index in [0.717, 1.165) is 38.2 Å². The van der Waals surface area contributed by atoms with Gasteiger partial charge in [-0.25, -0.2) is 14.4 Å². The van der Waals surface area contributed by atoms with Crippen LogP contribution in [0.3, 0.4) is 0 Å². The number of piperazine rings is 1. The van der Waals surface area contributed by atoms with Gasteiger partial charge in [0.1, 0.15) is 11.6 Å². The molecule has 1 fully saturated rings. The molecule has 188 valence electrons. The van der Waals surface area contributed by atoms with Gasteiger partial charge >= 0.3 is 0 Å². The molecule has 36 heavy (non-hydrogen) atoms. The number of nitrogens with one attached hydrogen (secondary N) is 3. The number of pyridine rings is 1. The smallest absolute Gasteiger partial charge is 0.290 e. The number of nitrogens with zero attached hydrogens (tertiary/aromatic N) is 5. The van der Waals surface area contributed by atoms with E-state index < -0.39 is 5.82 Å². The number of ether oxygens (including phenoxy) is 1. The average Bonchev–Trinajstić information content (AvgIpc) is 2.87. The molecule has 0 spiro atoms. The van der Waals surface area contributed by atoms with Gasteiger partial charge in [-0.2, -0.15) is 4.98 Å². The number of halogens is 1. The minimum Gasteiger partial charge on any atom is -0.483 e. The van der Waals surface area contributed by atoms with Crippen molar-refractivity contribution in [2.45, 2.75) is 0 Å². The lowest BCUT2D eigenvalue weighted by Gasteiger charge is -2.33. The molecule has 0 bridgehead atoms. The van der Waals surface area contributed by atoms with Crippen LogP contribution in [0.5, 0.6) is 5.75 Å². The molecule has 3 aromatic rings. The Balaban J connectivity index is 0.000000967. The summed E-state index contributed by atoms with van der Waals surface area (Å²) < 4.78 is 19.7. The fraction of sp³-hybridized carbons (Fsp3) is 0.261. The molecule has 4 heterocycles. The number of amides is 1. The van der Waals surface area contributed by atoms with Gasteiger partial charge in [0, 0.05) is 31.9 Å². The number of anilines is 6. The van der Waals surface area contributed by atoms with E-state index in [4.69, 9.17) is 14.6 Å². The Bertz CT molecular complexity index is 1220. The van der Waals surface area contributed by atoms with Gasteiger partial charge in [-0.1, -0.05) is 0 Å². The lowest BCUT2D eigenvalue weighted by molar-refractivity contribution is -0.123. The first-order chi connectivity index (χ1) is 17.4. The van der Waals surface area contributed by atoms with Gasteiger partial charge < -0.3 is 35.6 Å². The predicted octanol–water partition coefficient (Wildman–Crippen LogP) is 2.28. The van der Waals surface area contributed by atoms with Gasteiger partial charge in [0.2, 0.25) is 5.95 Å². The Morgan fingerprint density at radius 3 is 2.56 bits per heavy atom. The SMILES string of the molecule is CN1CCN(c2ccc(Nc3ncc(F)c(Nc4ccc5c(c4)NC(=O)CO5)n3)cn2)CC1.O=CO. The zero-order chi connectivity index (χ0) is 25.5. The predicted molar refractivity (Wildman–Crippen MR) is 132 cm³/mol. The summed E-state index contributed by atoms with van der Waals surface area (Å²) >= 11 is 0. The molecule has 1 amide bonds. The summed E-state index contributed by atoms with van der Waals surface area (Å²) in [5.41, 5.74) is 1.75. The first-order valence-corrected chi connectivity index (χ1v) is 11.1. The summed E-state index contributed by atoms with van der Waals surface area (Å²) in [4.78, 5) is 37.2. The van der Waals surface area contributed by atoms with Crippen LogP contribution in [0.1, 0.15) is 0 Å². The van der Waals surface area contributed by atoms with Gasteiger partial charge in [-0.05, 0) is 37.4 Å². The molecule has 5 rings (SSSR count). The number of hydrogen-bond donors (Lipinski definition) is 4. The van der Waals surface area contributed by atoms with E-state index in [-0.39, 0.29) is 30.8 Å². The Morgan fingerprint density at radius 1 is 1.08 bits per heavy atom. The van der Waals surface area contributed by atoms with Crippen LogP contribution in [-0.4, -0.2) is 77.2 Å². The molecule has 2 aliphatic rings. The standard InChI is InChI=1S/C22H23FN8O2.CH2O2/c1-30-6-8-31(9-7-30)19-5-3-15(11-24-19)27-22-25-12-16(23)21(29-22)26-14-2-4-18-17(10-14)28-20(32)13-33-18;2-1-3/h2-5,10-12H,6-9,13H2,1H3,(H,28,32)(H2,25,26,27,29);1H,(H,2,3). The van der Waals surface area contributed by atoms with Gasteiger partial charge in [0.05, 0.1) is 23.8 Å². The molecule has 4 N–H and O–H groups in total. The number of hydrogen-bond acceptors (Lipinski definition) is 10. The summed E-state index contributed by atoms with van der Waals surface area (Å²) in [6, 6.07) is 8.91. The van der Waals surface area contributed by atoms with Crippen LogP contribution < -0.4 is 25.6 Å². The van der Waals surface area contributed by atoms with Crippen LogP contribution in [-0.2, 0) is 9.59 Å². The molecule has 2 aliphatic heterocycles. The highest BCUT2D eigenvalue weighted by Crippen LogP contribution is 2.32. The summed E-state index contributed by atoms with van der Waals surface area (Å²) in [6.07, 6.45) is 2.80. The van der Waals surface area contributed by atoms with Crippen molar-refractivity contribution in [3.05, 3.63) is 48.5 Å². The number of carbonyl (C=O) groups is 2. The fourth-order valence-electron chi connectivity index (χ4n) is 3.62. The molecule has 1 saturated heterocycles. The Kier molecular flexibility index (Phi) is 7.70. The van der Waals surface area contributed by atoms with Gasteiger partial charge in [0.15, 0.2) is 18.2 Å². The minimum atomic E-state index is -0.609. The molecule has 2 aromatic heterocycles. The van der Waals surface area contributed by atoms with Crippen molar-refractivity contribution in [1.82, 2.24) is 19.9 Å². The van der Waals surface area contributed by atoms with Crippen LogP contribution in [0.2, 0.25) is 0 Å². The molecule has 0 unspecified atom stereocenters. The molecular weight excluding hydrogens is 471 g/mol. The van der Waals surface area contributed by atoms with Crippen molar-refractivity contribution in [2.75, 3.05) is 60.7 Å². The second-order valence-corrected chi connectivity index (χ2v) is 7.99. The van der Waals surface area contributed by atoms with Crippen LogP contribution >= 0.6 is 0 Å². The Labute approximate surface area is 206 Å². The average molecular weight is 497 g/mol. The van der Waals surface area contributed by atoms with E-state index >= 15 is 0 Å². The molecule has 0 aliphatic carbocycles. The summed E-state index contributed by atoms with van der Waals surface area (Å²) in [6.45, 7) is 3.60. The van der Waals surface area contributed by atoms with E-state index in [2.05, 4.69) is 47.7 Å². The van der Waals surface area contributed by atoms with Crippen molar-refractivity contribution in [2.24, 2.45) is 0 Å². The third kappa shape index (κ3) is 6.13. The van der Waals surface area contributed by atoms with E-state index in [9.17, 15) is 9.18 Å². The lowest BCUT2D eigenvalue weighted by atomic mass is 10.2. The van der Waals surface area contributed by atoms with Gasteiger partial charge in [0.25, 0.3) is 12.4 Å². The first-order valence-electron chi connectivity index (χ1n) is 11.1. The second-order valence-electron chi connectivity index (χ2n) is 7.99. The number of likely N-dealkylation sites (N-methyl/N-ethyl adjacent to an activating group) is 1. The molecule has 0 saturated carbocycles. The zero-order valence-electron chi connectivity index (χ0n) is 19.4. The zero-order valence-corrected chi connectivity index (χ0v) is 19.4. The van der Waals surface area contributed by atoms with Crippen molar-refractivity contribution in [1.29, 1.82) is 0 Å². The number of benzene rings is 1. The third-order valence-corrected chi connectivity index (χ3v) is 5.45. The van der Waals surface area contributed by atoms with Crippen LogP contribution in [0.15, 0.2) is 42.7 Å². The lowest BCUT2D eigenvalue weighted by Crippen LogP contribution is -2.44. The van der Waals surface area contributed by atoms with Crippen molar-refractivity contribution >= 4 is 47.0 Å². The molecule has 0 radical (unpaired) electrons. The topological polar surface area (TPSA) is 145 Å². The van der Waals surface area contributed by atoms with Crippen LogP contribution in [0.4, 0.5) is 39.0 Å². The van der Waals surface area contributed by atoms with Gasteiger partial charge in [-0.15, -0.1) is 0 Å². The highest BCUT2D eigenvalue weighted by molar-refractivity contribution is 5.96. The number of fused-ring (bicyclic) bond motifs is 1. The summed E-state index contributed by atoms with van der Waals surface area (Å²) in [5.74, 6) is 0.839. The highest BCUT2D eigenvalue weighted by atomic mass is 19.1. The number of carbonyl (C=O) groups excluding carboxylic acids is 1. The summed E-state index contributed by atoms with van der Waals surface area (Å²) in [7, 11) is 2.11. The molecular formula is C23H25FN8O4. The van der Waals surface area contributed by atoms with Crippen molar-refractivity contribution in [3.8, 4) is 5.75 Å². The van der Waals surface area contributed by atoms with E-state index in [0.29, 0.717) is 22.8 Å². The van der Waals surface area contributed by atoms with Crippen LogP contribution in [0, 0.1) is 5.82 Å². The molecule has 12 nitrogen and oxygen atoms in total. The summed E-state index contributed by atoms with van der Waals surface area (Å²) in [5, 5.41) is 15.6. The molecule has 13 heteroatoms. The Hall–Kier alpha value is -4.52. The number of rotatable bonds is 5. The second kappa shape index (κ2) is 11.3. The monoisotopic (exact) mass is 496 g/mol. The van der Waals surface area contributed by atoms with Crippen LogP contribution in [0.25, 0.3) is 0 Å². The quantitative estimate of drug-likeness (QED) is 0.386. The van der Waals surface area contributed by atoms with E-state index in [1.807, 2.05) is 12.1 Å². The van der Waals surface area contributed by atoms with Crippen molar-refractivity contribution < 1.29 is 23.8 Å². The maximum Gasteiger partial charge on any atom is 0.290 e. The normalized spacial score (nSPS) is 14.9. The molecule has 0 atom stereocenters. The maximum atomic E-state index is 14.4. The highest BCUT2D eigenvalue weighted by Gasteiger charge is 2.17. The van der Waals surface area contributed by atoms with E-state index in [1.165, 1.54) is 0 Å². The number of carboxylic acid groups (broad SMARTS) is 1. The van der Waals surface area contributed by atoms with Crippen molar-refractivity contribution in [3.63, 3.8) is 0 Å². The van der Waals surface area contributed by atoms with E-state index in [1.54, 1.807) is 24.4 Å². The Morgan fingerprint density at radius 2 is 1.83 bits per heavy atom. The minimum absolute atomic E-state index is 0.00230. The maximum absolute atomic E-state index is 14.4. The molecule has 1 aromatic carbocycles. The number of aromatic nitrogens is 3. The fourth-order valence-corrected chi connectivity index (χ4v) is 3.62.